The van der Waals surface area contributed by atoms with Gasteiger partial charge in [-0.15, -0.1) is 0 Å². The molecule has 0 bridgehead atoms. The highest BCUT2D eigenvalue weighted by Gasteiger charge is 2.22. The number of piperazine rings is 1. The molecular weight excluding hydrogens is 220 g/mol. The molecule has 1 aliphatic rings. The Hall–Kier alpha value is -1.02. The molecule has 1 aliphatic heterocycles. The highest BCUT2D eigenvalue weighted by atomic mass is 15.3. The number of rotatable bonds is 2. The summed E-state index contributed by atoms with van der Waals surface area (Å²) in [6, 6.07) is 8.71. The molecule has 0 spiro atoms. The first-order valence-corrected chi connectivity index (χ1v) is 6.99. The van der Waals surface area contributed by atoms with Crippen LogP contribution in [0.3, 0.4) is 0 Å². The maximum absolute atomic E-state index is 2.59. The van der Waals surface area contributed by atoms with Gasteiger partial charge in [0.2, 0.25) is 0 Å². The van der Waals surface area contributed by atoms with Crippen LogP contribution in [-0.4, -0.2) is 37.6 Å². The lowest BCUT2D eigenvalue weighted by Crippen LogP contribution is -2.48. The van der Waals surface area contributed by atoms with Crippen LogP contribution in [0.1, 0.15) is 26.3 Å². The zero-order valence-electron chi connectivity index (χ0n) is 12.2. The summed E-state index contributed by atoms with van der Waals surface area (Å²) in [4.78, 5) is 5.11. The van der Waals surface area contributed by atoms with Gasteiger partial charge in [-0.1, -0.05) is 39.0 Å². The number of para-hydroxylation sites is 1. The Morgan fingerprint density at radius 2 is 1.61 bits per heavy atom. The Morgan fingerprint density at radius 3 is 2.17 bits per heavy atom. The maximum atomic E-state index is 2.59. The zero-order chi connectivity index (χ0) is 13.2. The highest BCUT2D eigenvalue weighted by molar-refractivity contribution is 5.53. The van der Waals surface area contributed by atoms with Crippen LogP contribution in [0, 0.1) is 12.3 Å². The van der Waals surface area contributed by atoms with Crippen LogP contribution < -0.4 is 4.90 Å². The van der Waals surface area contributed by atoms with E-state index < -0.39 is 0 Å². The molecule has 0 aromatic heterocycles. The molecule has 1 saturated heterocycles. The summed E-state index contributed by atoms with van der Waals surface area (Å²) in [7, 11) is 0. The SMILES string of the molecule is Cc1ccccc1N1CCN(CC(C)(C)C)CC1. The molecule has 1 aromatic carbocycles. The Morgan fingerprint density at radius 1 is 1.00 bits per heavy atom. The maximum Gasteiger partial charge on any atom is 0.0396 e. The third kappa shape index (κ3) is 3.49. The number of nitrogens with zero attached hydrogens (tertiary/aromatic N) is 2. The predicted octanol–water partition coefficient (Wildman–Crippen LogP) is 3.16. The van der Waals surface area contributed by atoms with Crippen molar-refractivity contribution in [1.82, 2.24) is 4.90 Å². The molecule has 2 rings (SSSR count). The van der Waals surface area contributed by atoms with Crippen LogP contribution in [0.5, 0.6) is 0 Å². The van der Waals surface area contributed by atoms with Crippen molar-refractivity contribution in [3.63, 3.8) is 0 Å². The fourth-order valence-corrected chi connectivity index (χ4v) is 2.74. The first-order chi connectivity index (χ1) is 8.46. The van der Waals surface area contributed by atoms with Gasteiger partial charge >= 0.3 is 0 Å². The van der Waals surface area contributed by atoms with E-state index in [0.717, 1.165) is 13.1 Å². The van der Waals surface area contributed by atoms with Crippen molar-refractivity contribution in [2.75, 3.05) is 37.6 Å². The van der Waals surface area contributed by atoms with E-state index in [1.165, 1.54) is 30.9 Å². The number of hydrogen-bond donors (Lipinski definition) is 0. The van der Waals surface area contributed by atoms with E-state index in [-0.39, 0.29) is 0 Å². The molecule has 0 unspecified atom stereocenters. The zero-order valence-corrected chi connectivity index (χ0v) is 12.2. The minimum absolute atomic E-state index is 0.408. The largest absolute Gasteiger partial charge is 0.369 e. The van der Waals surface area contributed by atoms with Crippen LogP contribution in [0.2, 0.25) is 0 Å². The molecular formula is C16H26N2. The van der Waals surface area contributed by atoms with Gasteiger partial charge in [-0.25, -0.2) is 0 Å². The van der Waals surface area contributed by atoms with Crippen molar-refractivity contribution >= 4 is 5.69 Å². The molecule has 0 radical (unpaired) electrons. The van der Waals surface area contributed by atoms with E-state index in [1.807, 2.05) is 0 Å². The van der Waals surface area contributed by atoms with Gasteiger partial charge in [-0.2, -0.15) is 0 Å². The van der Waals surface area contributed by atoms with Crippen molar-refractivity contribution in [2.45, 2.75) is 27.7 Å². The summed E-state index contributed by atoms with van der Waals surface area (Å²) in [6.07, 6.45) is 0. The van der Waals surface area contributed by atoms with E-state index in [4.69, 9.17) is 0 Å². The quantitative estimate of drug-likeness (QED) is 0.791. The van der Waals surface area contributed by atoms with Crippen LogP contribution in [0.25, 0.3) is 0 Å². The van der Waals surface area contributed by atoms with Crippen molar-refractivity contribution in [1.29, 1.82) is 0 Å². The molecule has 0 amide bonds. The Labute approximate surface area is 112 Å². The van der Waals surface area contributed by atoms with Crippen LogP contribution in [0.15, 0.2) is 24.3 Å². The van der Waals surface area contributed by atoms with Gasteiger partial charge in [0.25, 0.3) is 0 Å². The van der Waals surface area contributed by atoms with E-state index in [2.05, 4.69) is 61.8 Å². The summed E-state index contributed by atoms with van der Waals surface area (Å²) in [5, 5.41) is 0. The van der Waals surface area contributed by atoms with Crippen molar-refractivity contribution in [3.05, 3.63) is 29.8 Å². The van der Waals surface area contributed by atoms with E-state index in [9.17, 15) is 0 Å². The minimum Gasteiger partial charge on any atom is -0.369 e. The second-order valence-corrected chi connectivity index (χ2v) is 6.61. The fraction of sp³-hybridized carbons (Fsp3) is 0.625. The molecule has 2 nitrogen and oxygen atoms in total. The van der Waals surface area contributed by atoms with Gasteiger partial charge in [0.05, 0.1) is 0 Å². The lowest BCUT2D eigenvalue weighted by atomic mass is 9.96. The lowest BCUT2D eigenvalue weighted by molar-refractivity contribution is 0.182. The van der Waals surface area contributed by atoms with Gasteiger partial charge < -0.3 is 4.90 Å². The first-order valence-electron chi connectivity index (χ1n) is 6.99. The topological polar surface area (TPSA) is 6.48 Å². The van der Waals surface area contributed by atoms with E-state index in [1.54, 1.807) is 0 Å². The third-order valence-corrected chi connectivity index (χ3v) is 3.53. The average Bonchev–Trinajstić information content (AvgIpc) is 2.29. The normalized spacial score (nSPS) is 18.1. The molecule has 2 heteroatoms. The smallest absolute Gasteiger partial charge is 0.0396 e. The van der Waals surface area contributed by atoms with Crippen LogP contribution in [-0.2, 0) is 0 Å². The minimum atomic E-state index is 0.408. The lowest BCUT2D eigenvalue weighted by Gasteiger charge is -2.39. The first kappa shape index (κ1) is 13.4. The molecule has 1 aromatic rings. The number of aryl methyl sites for hydroxylation is 1. The molecule has 0 saturated carbocycles. The van der Waals surface area contributed by atoms with Crippen molar-refractivity contribution < 1.29 is 0 Å². The van der Waals surface area contributed by atoms with E-state index in [0.29, 0.717) is 5.41 Å². The van der Waals surface area contributed by atoms with Crippen LogP contribution >= 0.6 is 0 Å². The van der Waals surface area contributed by atoms with Gasteiger partial charge in [0.1, 0.15) is 0 Å². The molecule has 18 heavy (non-hydrogen) atoms. The predicted molar refractivity (Wildman–Crippen MR) is 79.3 cm³/mol. The van der Waals surface area contributed by atoms with Gasteiger partial charge in [0.15, 0.2) is 0 Å². The molecule has 1 fully saturated rings. The molecule has 100 valence electrons. The highest BCUT2D eigenvalue weighted by Crippen LogP contribution is 2.22. The summed E-state index contributed by atoms with van der Waals surface area (Å²) >= 11 is 0. The van der Waals surface area contributed by atoms with Gasteiger partial charge in [-0.3, -0.25) is 4.90 Å². The third-order valence-electron chi connectivity index (χ3n) is 3.53. The number of hydrogen-bond acceptors (Lipinski definition) is 2. The second kappa shape index (κ2) is 5.31. The summed E-state index contributed by atoms with van der Waals surface area (Å²) < 4.78 is 0. The summed E-state index contributed by atoms with van der Waals surface area (Å²) in [5.41, 5.74) is 3.21. The average molecular weight is 246 g/mol. The molecule has 0 N–H and O–H groups in total. The molecule has 1 heterocycles. The molecule has 0 atom stereocenters. The van der Waals surface area contributed by atoms with Gasteiger partial charge in [-0.05, 0) is 24.0 Å². The van der Waals surface area contributed by atoms with Gasteiger partial charge in [0, 0.05) is 38.4 Å². The standard InChI is InChI=1S/C16H26N2/c1-14-7-5-6-8-15(14)18-11-9-17(10-12-18)13-16(2,3)4/h5-8H,9-13H2,1-4H3. The van der Waals surface area contributed by atoms with E-state index >= 15 is 0 Å². The van der Waals surface area contributed by atoms with Crippen molar-refractivity contribution in [3.8, 4) is 0 Å². The Kier molecular flexibility index (Phi) is 3.96. The monoisotopic (exact) mass is 246 g/mol. The number of anilines is 1. The summed E-state index contributed by atoms with van der Waals surface area (Å²) in [6.45, 7) is 15.0. The second-order valence-electron chi connectivity index (χ2n) is 6.61. The summed E-state index contributed by atoms with van der Waals surface area (Å²) in [5.74, 6) is 0. The Balaban J connectivity index is 1.93. The number of benzene rings is 1. The Bertz CT molecular complexity index is 384. The van der Waals surface area contributed by atoms with Crippen molar-refractivity contribution in [2.24, 2.45) is 5.41 Å². The molecule has 0 aliphatic carbocycles. The van der Waals surface area contributed by atoms with Crippen LogP contribution in [0.4, 0.5) is 5.69 Å². The fourth-order valence-electron chi connectivity index (χ4n) is 2.74.